The molecule has 1 heterocycles. The van der Waals surface area contributed by atoms with Crippen LogP contribution in [0.4, 0.5) is 11.4 Å². The molecule has 9 heteroatoms. The van der Waals surface area contributed by atoms with Crippen LogP contribution in [0.5, 0.6) is 0 Å². The molecular formula is C27H27N5O4. The number of benzene rings is 3. The average Bonchev–Trinajstić information content (AvgIpc) is 2.99. The van der Waals surface area contributed by atoms with Crippen LogP contribution < -0.4 is 16.4 Å². The molecule has 0 bridgehead atoms. The number of nitrogens with one attached hydrogen (secondary N) is 3. The summed E-state index contributed by atoms with van der Waals surface area (Å²) < 4.78 is 0. The number of anilines is 2. The highest BCUT2D eigenvalue weighted by atomic mass is 16.4. The van der Waals surface area contributed by atoms with Gasteiger partial charge in [-0.05, 0) is 42.3 Å². The number of amidine groups is 1. The minimum absolute atomic E-state index is 0.0863. The van der Waals surface area contributed by atoms with Crippen molar-refractivity contribution in [3.05, 3.63) is 95.1 Å². The molecule has 6 N–H and O–H groups in total. The van der Waals surface area contributed by atoms with E-state index in [1.165, 1.54) is 0 Å². The Morgan fingerprint density at radius 1 is 1.06 bits per heavy atom. The molecule has 0 radical (unpaired) electrons. The van der Waals surface area contributed by atoms with Gasteiger partial charge in [-0.25, -0.2) is 0 Å². The van der Waals surface area contributed by atoms with Gasteiger partial charge in [0.15, 0.2) is 0 Å². The molecule has 0 aromatic heterocycles. The number of carbonyl (C=O) groups excluding carboxylic acids is 2. The highest BCUT2D eigenvalue weighted by Gasteiger charge is 2.29. The van der Waals surface area contributed by atoms with E-state index >= 15 is 0 Å². The molecule has 4 rings (SSSR count). The van der Waals surface area contributed by atoms with Gasteiger partial charge in [-0.15, -0.1) is 0 Å². The van der Waals surface area contributed by atoms with Gasteiger partial charge >= 0.3 is 5.97 Å². The van der Waals surface area contributed by atoms with E-state index in [0.717, 1.165) is 5.56 Å². The molecular weight excluding hydrogens is 458 g/mol. The zero-order valence-corrected chi connectivity index (χ0v) is 19.5. The van der Waals surface area contributed by atoms with Gasteiger partial charge < -0.3 is 26.4 Å². The van der Waals surface area contributed by atoms with E-state index in [-0.39, 0.29) is 30.6 Å². The van der Waals surface area contributed by atoms with Gasteiger partial charge in [0.05, 0.1) is 18.0 Å². The zero-order valence-electron chi connectivity index (χ0n) is 19.5. The van der Waals surface area contributed by atoms with Crippen LogP contribution in [0.15, 0.2) is 72.8 Å². The number of nitrogen functional groups attached to an aromatic ring is 1. The summed E-state index contributed by atoms with van der Waals surface area (Å²) in [6.07, 6.45) is 0.498. The van der Waals surface area contributed by atoms with E-state index in [9.17, 15) is 19.5 Å². The zero-order chi connectivity index (χ0) is 25.7. The molecule has 2 amide bonds. The largest absolute Gasteiger partial charge is 0.481 e. The lowest BCUT2D eigenvalue weighted by Crippen LogP contribution is -2.39. The number of fused-ring (bicyclic) bond motifs is 1. The highest BCUT2D eigenvalue weighted by Crippen LogP contribution is 2.27. The summed E-state index contributed by atoms with van der Waals surface area (Å²) in [5.41, 5.74) is 8.76. The number of hydrogen-bond donors (Lipinski definition) is 5. The second-order valence-electron chi connectivity index (χ2n) is 8.63. The summed E-state index contributed by atoms with van der Waals surface area (Å²) in [5.74, 6) is -1.64. The number of carboxylic acid groups (broad SMARTS) is 1. The molecule has 3 aromatic carbocycles. The van der Waals surface area contributed by atoms with E-state index in [0.29, 0.717) is 41.0 Å². The third-order valence-electron chi connectivity index (χ3n) is 5.99. The highest BCUT2D eigenvalue weighted by molar-refractivity contribution is 6.07. The first-order chi connectivity index (χ1) is 17.3. The number of amides is 2. The summed E-state index contributed by atoms with van der Waals surface area (Å²) in [6, 6.07) is 20.6. The van der Waals surface area contributed by atoms with Crippen LogP contribution in [0.2, 0.25) is 0 Å². The molecule has 3 aromatic rings. The fraction of sp³-hybridized carbons (Fsp3) is 0.185. The molecule has 0 fully saturated rings. The van der Waals surface area contributed by atoms with Gasteiger partial charge in [0.2, 0.25) is 0 Å². The summed E-state index contributed by atoms with van der Waals surface area (Å²) in [6.45, 7) is 0.677. The minimum atomic E-state index is -0.953. The number of carboxylic acids is 1. The normalized spacial score (nSPS) is 14.8. The maximum atomic E-state index is 13.5. The molecule has 0 saturated heterocycles. The molecule has 1 aliphatic rings. The molecule has 184 valence electrons. The second-order valence-corrected chi connectivity index (χ2v) is 8.63. The fourth-order valence-electron chi connectivity index (χ4n) is 4.14. The molecule has 36 heavy (non-hydrogen) atoms. The van der Waals surface area contributed by atoms with Gasteiger partial charge in [0, 0.05) is 35.6 Å². The summed E-state index contributed by atoms with van der Waals surface area (Å²) in [4.78, 5) is 39.3. The Labute approximate surface area is 208 Å². The number of hydrogen-bond acceptors (Lipinski definition) is 5. The van der Waals surface area contributed by atoms with Crippen molar-refractivity contribution in [2.75, 3.05) is 23.7 Å². The van der Waals surface area contributed by atoms with E-state index in [4.69, 9.17) is 11.1 Å². The summed E-state index contributed by atoms with van der Waals surface area (Å²) in [7, 11) is 0. The van der Waals surface area contributed by atoms with E-state index in [2.05, 4.69) is 10.6 Å². The lowest BCUT2D eigenvalue weighted by atomic mass is 10.1. The van der Waals surface area contributed by atoms with E-state index in [1.54, 1.807) is 47.4 Å². The van der Waals surface area contributed by atoms with Crippen molar-refractivity contribution in [3.8, 4) is 0 Å². The molecule has 1 atom stereocenters. The SMILES string of the molecule is N=C(N)c1ccc(C(=O)Nc2ccc3c(c2)C(=O)N(CCc2ccccc2)C[C@@H](CC(=O)O)N3)cc1. The third-order valence-corrected chi connectivity index (χ3v) is 5.99. The maximum Gasteiger partial charge on any atom is 0.305 e. The standard InChI is InChI=1S/C27H27N5O4/c28-25(29)18-6-8-19(9-7-18)26(35)31-20-10-11-23-22(14-20)27(36)32(16-21(30-23)15-24(33)34)13-12-17-4-2-1-3-5-17/h1-11,14,21,30H,12-13,15-16H2,(H3,28,29)(H,31,35)(H,33,34)/t21-/m1/s1. The second kappa shape index (κ2) is 10.7. The smallest absolute Gasteiger partial charge is 0.305 e. The van der Waals surface area contributed by atoms with Crippen molar-refractivity contribution < 1.29 is 19.5 Å². The molecule has 9 nitrogen and oxygen atoms in total. The lowest BCUT2D eigenvalue weighted by molar-refractivity contribution is -0.137. The summed E-state index contributed by atoms with van der Waals surface area (Å²) >= 11 is 0. The van der Waals surface area contributed by atoms with Crippen molar-refractivity contribution in [2.45, 2.75) is 18.9 Å². The Hall–Kier alpha value is -4.66. The quantitative estimate of drug-likeness (QED) is 0.244. The number of aliphatic carboxylic acids is 1. The molecule has 0 unspecified atom stereocenters. The first-order valence-corrected chi connectivity index (χ1v) is 11.5. The van der Waals surface area contributed by atoms with Crippen LogP contribution in [0.3, 0.4) is 0 Å². The Balaban J connectivity index is 1.56. The Kier molecular flexibility index (Phi) is 7.29. The van der Waals surface area contributed by atoms with Crippen molar-refractivity contribution in [1.29, 1.82) is 5.41 Å². The Morgan fingerprint density at radius 3 is 2.42 bits per heavy atom. The van der Waals surface area contributed by atoms with Crippen LogP contribution in [0.1, 0.15) is 38.3 Å². The monoisotopic (exact) mass is 485 g/mol. The van der Waals surface area contributed by atoms with Gasteiger partial charge in [-0.2, -0.15) is 0 Å². The number of nitrogens with zero attached hydrogens (tertiary/aromatic N) is 1. The van der Waals surface area contributed by atoms with E-state index in [1.807, 2.05) is 30.3 Å². The number of rotatable bonds is 8. The molecule has 0 aliphatic carbocycles. The first kappa shape index (κ1) is 24.5. The van der Waals surface area contributed by atoms with Gasteiger partial charge in [-0.1, -0.05) is 42.5 Å². The van der Waals surface area contributed by atoms with Crippen LogP contribution >= 0.6 is 0 Å². The van der Waals surface area contributed by atoms with Crippen LogP contribution in [-0.2, 0) is 11.2 Å². The fourth-order valence-corrected chi connectivity index (χ4v) is 4.14. The molecule has 0 spiro atoms. The van der Waals surface area contributed by atoms with Gasteiger partial charge in [-0.3, -0.25) is 19.8 Å². The summed E-state index contributed by atoms with van der Waals surface area (Å²) in [5, 5.41) is 22.8. The van der Waals surface area contributed by atoms with Gasteiger partial charge in [0.1, 0.15) is 5.84 Å². The predicted octanol–water partition coefficient (Wildman–Crippen LogP) is 3.18. The van der Waals surface area contributed by atoms with Crippen LogP contribution in [0.25, 0.3) is 0 Å². The molecule has 1 aliphatic heterocycles. The van der Waals surface area contributed by atoms with Crippen LogP contribution in [-0.4, -0.2) is 52.8 Å². The molecule has 0 saturated carbocycles. The Bertz CT molecular complexity index is 1290. The van der Waals surface area contributed by atoms with E-state index < -0.39 is 12.0 Å². The van der Waals surface area contributed by atoms with Crippen molar-refractivity contribution in [1.82, 2.24) is 4.90 Å². The third kappa shape index (κ3) is 5.87. The predicted molar refractivity (Wildman–Crippen MR) is 138 cm³/mol. The van der Waals surface area contributed by atoms with Crippen LogP contribution in [0, 0.1) is 5.41 Å². The average molecular weight is 486 g/mol. The van der Waals surface area contributed by atoms with Crippen molar-refractivity contribution in [2.24, 2.45) is 5.73 Å². The van der Waals surface area contributed by atoms with Gasteiger partial charge in [0.25, 0.3) is 11.8 Å². The topological polar surface area (TPSA) is 149 Å². The maximum absolute atomic E-state index is 13.5. The minimum Gasteiger partial charge on any atom is -0.481 e. The first-order valence-electron chi connectivity index (χ1n) is 11.5. The number of carbonyl (C=O) groups is 3. The van der Waals surface area contributed by atoms with Crippen molar-refractivity contribution in [3.63, 3.8) is 0 Å². The number of nitrogens with two attached hydrogens (primary N) is 1. The Morgan fingerprint density at radius 2 is 1.75 bits per heavy atom. The lowest BCUT2D eigenvalue weighted by Gasteiger charge is -2.24. The van der Waals surface area contributed by atoms with Crippen molar-refractivity contribution >= 4 is 35.0 Å².